The molecule has 0 aliphatic carbocycles. The molecule has 0 amide bonds. The fourth-order valence-corrected chi connectivity index (χ4v) is 3.10. The molecule has 1 atom stereocenters. The van der Waals surface area contributed by atoms with Crippen LogP contribution in [0.15, 0.2) is 0 Å². The molecule has 0 aromatic carbocycles. The topological polar surface area (TPSA) is 6.48 Å². The zero-order valence-electron chi connectivity index (χ0n) is 9.71. The van der Waals surface area contributed by atoms with Gasteiger partial charge < -0.3 is 4.90 Å². The molecular formula is C12H24N2. The van der Waals surface area contributed by atoms with Crippen molar-refractivity contribution in [3.05, 3.63) is 0 Å². The number of hydrogen-bond acceptors (Lipinski definition) is 2. The maximum absolute atomic E-state index is 2.80. The molecular weight excluding hydrogens is 172 g/mol. The second-order valence-corrected chi connectivity index (χ2v) is 4.98. The molecule has 14 heavy (non-hydrogen) atoms. The van der Waals surface area contributed by atoms with Crippen LogP contribution in [0.1, 0.15) is 39.0 Å². The molecule has 0 spiro atoms. The van der Waals surface area contributed by atoms with Crippen molar-refractivity contribution in [3.8, 4) is 0 Å². The smallest absolute Gasteiger partial charge is 0.0122 e. The molecule has 0 aromatic heterocycles. The molecule has 0 N–H and O–H groups in total. The van der Waals surface area contributed by atoms with Crippen molar-refractivity contribution >= 4 is 0 Å². The van der Waals surface area contributed by atoms with Crippen LogP contribution in [0.4, 0.5) is 0 Å². The van der Waals surface area contributed by atoms with Crippen molar-refractivity contribution < 1.29 is 0 Å². The molecule has 82 valence electrons. The van der Waals surface area contributed by atoms with E-state index >= 15 is 0 Å². The Morgan fingerprint density at radius 1 is 1.07 bits per heavy atom. The second-order valence-electron chi connectivity index (χ2n) is 4.98. The van der Waals surface area contributed by atoms with E-state index in [0.29, 0.717) is 0 Å². The first-order valence-corrected chi connectivity index (χ1v) is 6.25. The summed E-state index contributed by atoms with van der Waals surface area (Å²) < 4.78 is 0. The van der Waals surface area contributed by atoms with Crippen LogP contribution in [0.5, 0.6) is 0 Å². The van der Waals surface area contributed by atoms with E-state index in [2.05, 4.69) is 23.8 Å². The summed E-state index contributed by atoms with van der Waals surface area (Å²) in [6, 6.07) is 1.81. The van der Waals surface area contributed by atoms with Crippen molar-refractivity contribution in [2.45, 2.75) is 51.1 Å². The maximum Gasteiger partial charge on any atom is 0.0122 e. The van der Waals surface area contributed by atoms with Crippen LogP contribution in [0.3, 0.4) is 0 Å². The van der Waals surface area contributed by atoms with Crippen LogP contribution in [-0.4, -0.2) is 48.6 Å². The molecule has 0 saturated carbocycles. The van der Waals surface area contributed by atoms with Gasteiger partial charge in [-0.15, -0.1) is 0 Å². The third kappa shape index (κ3) is 2.12. The number of likely N-dealkylation sites (tertiary alicyclic amines) is 2. The van der Waals surface area contributed by atoms with Gasteiger partial charge in [0.1, 0.15) is 0 Å². The van der Waals surface area contributed by atoms with E-state index in [1.807, 2.05) is 0 Å². The highest BCUT2D eigenvalue weighted by Crippen LogP contribution is 2.26. The Balaban J connectivity index is 1.88. The first-order valence-electron chi connectivity index (χ1n) is 6.25. The minimum absolute atomic E-state index is 0.902. The van der Waals surface area contributed by atoms with Crippen molar-refractivity contribution in [1.82, 2.24) is 9.80 Å². The molecule has 0 aromatic rings. The SMILES string of the molecule is CC[C@@H]1CCCN1C1CCN(C)CC1. The van der Waals surface area contributed by atoms with E-state index in [1.54, 1.807) is 0 Å². The lowest BCUT2D eigenvalue weighted by molar-refractivity contribution is 0.108. The fourth-order valence-electron chi connectivity index (χ4n) is 3.10. The predicted molar refractivity (Wildman–Crippen MR) is 60.5 cm³/mol. The third-order valence-electron chi connectivity index (χ3n) is 4.05. The second kappa shape index (κ2) is 4.63. The van der Waals surface area contributed by atoms with Gasteiger partial charge in [-0.2, -0.15) is 0 Å². The van der Waals surface area contributed by atoms with Gasteiger partial charge in [0.15, 0.2) is 0 Å². The van der Waals surface area contributed by atoms with Gasteiger partial charge in [0.25, 0.3) is 0 Å². The van der Waals surface area contributed by atoms with Crippen molar-refractivity contribution in [3.63, 3.8) is 0 Å². The highest BCUT2D eigenvalue weighted by molar-refractivity contribution is 4.86. The van der Waals surface area contributed by atoms with Crippen LogP contribution in [0, 0.1) is 0 Å². The van der Waals surface area contributed by atoms with Gasteiger partial charge in [0.2, 0.25) is 0 Å². The monoisotopic (exact) mass is 196 g/mol. The van der Waals surface area contributed by atoms with Crippen molar-refractivity contribution in [1.29, 1.82) is 0 Å². The molecule has 0 radical (unpaired) electrons. The third-order valence-corrected chi connectivity index (χ3v) is 4.05. The van der Waals surface area contributed by atoms with Gasteiger partial charge in [0, 0.05) is 12.1 Å². The highest BCUT2D eigenvalue weighted by Gasteiger charge is 2.30. The molecule has 2 heteroatoms. The summed E-state index contributed by atoms with van der Waals surface area (Å²) in [4.78, 5) is 5.26. The van der Waals surface area contributed by atoms with E-state index < -0.39 is 0 Å². The van der Waals surface area contributed by atoms with Crippen LogP contribution < -0.4 is 0 Å². The Kier molecular flexibility index (Phi) is 3.45. The lowest BCUT2D eigenvalue weighted by Gasteiger charge is -2.38. The van der Waals surface area contributed by atoms with Gasteiger partial charge >= 0.3 is 0 Å². The summed E-state index contributed by atoms with van der Waals surface area (Å²) in [5, 5.41) is 0. The summed E-state index contributed by atoms with van der Waals surface area (Å²) in [5.41, 5.74) is 0. The van der Waals surface area contributed by atoms with Crippen LogP contribution >= 0.6 is 0 Å². The van der Waals surface area contributed by atoms with E-state index in [1.165, 1.54) is 51.7 Å². The molecule has 2 nitrogen and oxygen atoms in total. The molecule has 2 rings (SSSR count). The van der Waals surface area contributed by atoms with E-state index in [9.17, 15) is 0 Å². The zero-order chi connectivity index (χ0) is 9.97. The van der Waals surface area contributed by atoms with Gasteiger partial charge in [-0.3, -0.25) is 4.90 Å². The first-order chi connectivity index (χ1) is 6.81. The van der Waals surface area contributed by atoms with Gasteiger partial charge in [-0.25, -0.2) is 0 Å². The van der Waals surface area contributed by atoms with Crippen molar-refractivity contribution in [2.75, 3.05) is 26.7 Å². The molecule has 2 fully saturated rings. The summed E-state index contributed by atoms with van der Waals surface area (Å²) in [6.07, 6.45) is 7.03. The Hall–Kier alpha value is -0.0800. The zero-order valence-corrected chi connectivity index (χ0v) is 9.71. The maximum atomic E-state index is 2.80. The number of rotatable bonds is 2. The largest absolute Gasteiger partial charge is 0.306 e. The van der Waals surface area contributed by atoms with Gasteiger partial charge in [-0.1, -0.05) is 6.92 Å². The van der Waals surface area contributed by atoms with E-state index in [4.69, 9.17) is 0 Å². The fraction of sp³-hybridized carbons (Fsp3) is 1.00. The van der Waals surface area contributed by atoms with Crippen LogP contribution in [-0.2, 0) is 0 Å². The summed E-state index contributed by atoms with van der Waals surface area (Å²) >= 11 is 0. The first kappa shape index (κ1) is 10.4. The predicted octanol–water partition coefficient (Wildman–Crippen LogP) is 1.95. The minimum atomic E-state index is 0.902. The summed E-state index contributed by atoms with van der Waals surface area (Å²) in [6.45, 7) is 6.32. The van der Waals surface area contributed by atoms with Crippen LogP contribution in [0.2, 0.25) is 0 Å². The Morgan fingerprint density at radius 2 is 1.79 bits per heavy atom. The Labute approximate surface area is 88.3 Å². The Bertz CT molecular complexity index is 173. The molecule has 0 bridgehead atoms. The van der Waals surface area contributed by atoms with Crippen LogP contribution in [0.25, 0.3) is 0 Å². The lowest BCUT2D eigenvalue weighted by atomic mass is 10.0. The highest BCUT2D eigenvalue weighted by atomic mass is 15.2. The molecule has 2 aliphatic heterocycles. The molecule has 2 saturated heterocycles. The van der Waals surface area contributed by atoms with E-state index in [-0.39, 0.29) is 0 Å². The number of hydrogen-bond donors (Lipinski definition) is 0. The minimum Gasteiger partial charge on any atom is -0.306 e. The molecule has 2 heterocycles. The lowest BCUT2D eigenvalue weighted by Crippen LogP contribution is -2.45. The van der Waals surface area contributed by atoms with E-state index in [0.717, 1.165) is 12.1 Å². The van der Waals surface area contributed by atoms with Gasteiger partial charge in [-0.05, 0) is 58.8 Å². The Morgan fingerprint density at radius 3 is 2.43 bits per heavy atom. The van der Waals surface area contributed by atoms with Crippen molar-refractivity contribution in [2.24, 2.45) is 0 Å². The normalized spacial score (nSPS) is 32.6. The molecule has 0 unspecified atom stereocenters. The average Bonchev–Trinajstić information content (AvgIpc) is 2.67. The standard InChI is InChI=1S/C12H24N2/c1-3-11-5-4-8-14(11)12-6-9-13(2)10-7-12/h11-12H,3-10H2,1-2H3/t11-/m1/s1. The quantitative estimate of drug-likeness (QED) is 0.666. The number of nitrogens with zero attached hydrogens (tertiary/aromatic N) is 2. The summed E-state index contributed by atoms with van der Waals surface area (Å²) in [5.74, 6) is 0. The van der Waals surface area contributed by atoms with Gasteiger partial charge in [0.05, 0.1) is 0 Å². The summed E-state index contributed by atoms with van der Waals surface area (Å²) in [7, 11) is 2.25. The number of piperidine rings is 1. The molecule has 2 aliphatic rings. The average molecular weight is 196 g/mol.